The quantitative estimate of drug-likeness (QED) is 0.740. The van der Waals surface area contributed by atoms with Gasteiger partial charge in [0.1, 0.15) is 0 Å². The van der Waals surface area contributed by atoms with E-state index in [-0.39, 0.29) is 17.9 Å². The summed E-state index contributed by atoms with van der Waals surface area (Å²) in [5.74, 6) is 0.549. The molecular weight excluding hydrogens is 218 g/mol. The Kier molecular flexibility index (Phi) is 6.72. The van der Waals surface area contributed by atoms with Gasteiger partial charge in [-0.1, -0.05) is 27.7 Å². The molecule has 0 aliphatic heterocycles. The normalized spacial score (nSPS) is 13.9. The first-order valence-electron chi connectivity index (χ1n) is 6.13. The summed E-state index contributed by atoms with van der Waals surface area (Å²) in [4.78, 5) is 13.8. The predicted molar refractivity (Wildman–Crippen MR) is 68.8 cm³/mol. The number of methoxy groups -OCH3 is 1. The highest BCUT2D eigenvalue weighted by Gasteiger charge is 2.31. The van der Waals surface area contributed by atoms with Crippen molar-refractivity contribution in [1.29, 1.82) is 0 Å². The number of rotatable bonds is 7. The second kappa shape index (κ2) is 6.97. The van der Waals surface area contributed by atoms with Crippen molar-refractivity contribution in [3.63, 3.8) is 0 Å². The molecule has 0 saturated carbocycles. The molecular formula is C13H27NO3. The van der Waals surface area contributed by atoms with E-state index < -0.39 is 6.10 Å². The van der Waals surface area contributed by atoms with Crippen molar-refractivity contribution in [3.8, 4) is 0 Å². The molecule has 0 aromatic rings. The van der Waals surface area contributed by atoms with Crippen LogP contribution in [0.5, 0.6) is 0 Å². The molecule has 0 rings (SSSR count). The van der Waals surface area contributed by atoms with Gasteiger partial charge >= 0.3 is 0 Å². The third-order valence-corrected chi connectivity index (χ3v) is 2.69. The van der Waals surface area contributed by atoms with Crippen LogP contribution in [0, 0.1) is 11.3 Å². The third-order valence-electron chi connectivity index (χ3n) is 2.69. The number of hydrogen-bond acceptors (Lipinski definition) is 3. The first-order chi connectivity index (χ1) is 7.70. The molecule has 4 nitrogen and oxygen atoms in total. The summed E-state index contributed by atoms with van der Waals surface area (Å²) in [5, 5.41) is 9.60. The fourth-order valence-electron chi connectivity index (χ4n) is 2.27. The molecule has 0 aliphatic carbocycles. The van der Waals surface area contributed by atoms with E-state index >= 15 is 0 Å². The van der Waals surface area contributed by atoms with Gasteiger partial charge in [0.25, 0.3) is 0 Å². The molecule has 0 saturated heterocycles. The van der Waals surface area contributed by atoms with Crippen molar-refractivity contribution in [2.24, 2.45) is 11.3 Å². The second-order valence-corrected chi connectivity index (χ2v) is 5.78. The van der Waals surface area contributed by atoms with Crippen molar-refractivity contribution in [3.05, 3.63) is 0 Å². The van der Waals surface area contributed by atoms with Crippen LogP contribution in [-0.4, -0.2) is 49.3 Å². The van der Waals surface area contributed by atoms with Gasteiger partial charge in [0.2, 0.25) is 5.91 Å². The Morgan fingerprint density at radius 1 is 1.41 bits per heavy atom. The third kappa shape index (κ3) is 6.03. The molecule has 1 atom stereocenters. The Bertz CT molecular complexity index is 239. The van der Waals surface area contributed by atoms with Gasteiger partial charge in [0.05, 0.1) is 12.7 Å². The maximum Gasteiger partial charge on any atom is 0.228 e. The first kappa shape index (κ1) is 16.4. The van der Waals surface area contributed by atoms with Gasteiger partial charge in [-0.15, -0.1) is 0 Å². The number of likely N-dealkylation sites (N-methyl/N-ethyl adjacent to an activating group) is 1. The van der Waals surface area contributed by atoms with E-state index in [1.807, 2.05) is 13.8 Å². The van der Waals surface area contributed by atoms with Crippen LogP contribution in [0.25, 0.3) is 0 Å². The lowest BCUT2D eigenvalue weighted by Crippen LogP contribution is -2.43. The summed E-state index contributed by atoms with van der Waals surface area (Å²) < 4.78 is 4.85. The smallest absolute Gasteiger partial charge is 0.228 e. The number of carbonyl (C=O) groups excluding carboxylic acids is 1. The predicted octanol–water partition coefficient (Wildman–Crippen LogP) is 1.52. The van der Waals surface area contributed by atoms with Crippen molar-refractivity contribution < 1.29 is 14.6 Å². The summed E-state index contributed by atoms with van der Waals surface area (Å²) in [7, 11) is 3.26. The van der Waals surface area contributed by atoms with Crippen molar-refractivity contribution in [2.75, 3.05) is 27.3 Å². The van der Waals surface area contributed by atoms with Crippen LogP contribution in [0.15, 0.2) is 0 Å². The van der Waals surface area contributed by atoms with Crippen LogP contribution in [0.1, 0.15) is 34.1 Å². The van der Waals surface area contributed by atoms with Crippen LogP contribution in [-0.2, 0) is 9.53 Å². The molecule has 0 bridgehead atoms. The van der Waals surface area contributed by atoms with Gasteiger partial charge in [-0.3, -0.25) is 4.79 Å². The lowest BCUT2D eigenvalue weighted by atomic mass is 9.82. The minimum Gasteiger partial charge on any atom is -0.389 e. The Morgan fingerprint density at radius 3 is 2.35 bits per heavy atom. The highest BCUT2D eigenvalue weighted by atomic mass is 16.5. The molecule has 1 unspecified atom stereocenters. The summed E-state index contributed by atoms with van der Waals surface area (Å²) >= 11 is 0. The van der Waals surface area contributed by atoms with Gasteiger partial charge in [-0.05, 0) is 12.3 Å². The fraction of sp³-hybridized carbons (Fsp3) is 0.923. The molecule has 0 heterocycles. The van der Waals surface area contributed by atoms with Gasteiger partial charge < -0.3 is 14.7 Å². The average Bonchev–Trinajstić information content (AvgIpc) is 2.14. The number of aliphatic hydroxyl groups excluding tert-OH is 1. The van der Waals surface area contributed by atoms with E-state index in [4.69, 9.17) is 4.74 Å². The zero-order valence-corrected chi connectivity index (χ0v) is 12.0. The highest BCUT2D eigenvalue weighted by molar-refractivity contribution is 5.81. The molecule has 102 valence electrons. The minimum atomic E-state index is -0.621. The van der Waals surface area contributed by atoms with Gasteiger partial charge in [-0.2, -0.15) is 0 Å². The summed E-state index contributed by atoms with van der Waals surface area (Å²) in [5.41, 5.74) is -0.379. The Balaban J connectivity index is 4.37. The maximum absolute atomic E-state index is 12.2. The van der Waals surface area contributed by atoms with Crippen molar-refractivity contribution in [2.45, 2.75) is 40.2 Å². The molecule has 0 aromatic carbocycles. The molecule has 1 amide bonds. The molecule has 4 heteroatoms. The van der Waals surface area contributed by atoms with Crippen LogP contribution < -0.4 is 0 Å². The summed E-state index contributed by atoms with van der Waals surface area (Å²) in [6, 6.07) is 0. The second-order valence-electron chi connectivity index (χ2n) is 5.78. The van der Waals surface area contributed by atoms with E-state index in [0.717, 1.165) is 6.42 Å². The number of hydrogen-bond donors (Lipinski definition) is 1. The lowest BCUT2D eigenvalue weighted by molar-refractivity contribution is -0.141. The van der Waals surface area contributed by atoms with E-state index in [0.29, 0.717) is 12.5 Å². The largest absolute Gasteiger partial charge is 0.389 e. The Morgan fingerprint density at radius 2 is 1.94 bits per heavy atom. The molecule has 0 aliphatic rings. The van der Waals surface area contributed by atoms with E-state index in [2.05, 4.69) is 13.8 Å². The van der Waals surface area contributed by atoms with Crippen molar-refractivity contribution in [1.82, 2.24) is 4.90 Å². The summed E-state index contributed by atoms with van der Waals surface area (Å²) in [6.45, 7) is 8.68. The van der Waals surface area contributed by atoms with Gasteiger partial charge in [0.15, 0.2) is 0 Å². The van der Waals surface area contributed by atoms with E-state index in [1.54, 1.807) is 11.9 Å². The number of aliphatic hydroxyl groups is 1. The van der Waals surface area contributed by atoms with E-state index in [1.165, 1.54) is 7.11 Å². The first-order valence-corrected chi connectivity index (χ1v) is 6.13. The minimum absolute atomic E-state index is 0.0707. The molecule has 1 N–H and O–H groups in total. The zero-order chi connectivity index (χ0) is 13.6. The molecule has 17 heavy (non-hydrogen) atoms. The standard InChI is InChI=1S/C13H27NO3/c1-10(2)7-13(3,4)12(16)14(5)8-11(15)9-17-6/h10-11,15H,7-9H2,1-6H3. The molecule has 0 aromatic heterocycles. The van der Waals surface area contributed by atoms with Crippen LogP contribution in [0.3, 0.4) is 0 Å². The van der Waals surface area contributed by atoms with Gasteiger partial charge in [-0.25, -0.2) is 0 Å². The monoisotopic (exact) mass is 245 g/mol. The number of carbonyl (C=O) groups is 1. The lowest BCUT2D eigenvalue weighted by Gasteiger charge is -2.31. The molecule has 0 fully saturated rings. The van der Waals surface area contributed by atoms with Crippen molar-refractivity contribution >= 4 is 5.91 Å². The maximum atomic E-state index is 12.2. The highest BCUT2D eigenvalue weighted by Crippen LogP contribution is 2.27. The Labute approximate surface area is 105 Å². The average molecular weight is 245 g/mol. The summed E-state index contributed by atoms with van der Waals surface area (Å²) in [6.07, 6.45) is 0.222. The van der Waals surface area contributed by atoms with Crippen LogP contribution in [0.2, 0.25) is 0 Å². The van der Waals surface area contributed by atoms with Gasteiger partial charge in [0, 0.05) is 26.1 Å². The number of nitrogens with zero attached hydrogens (tertiary/aromatic N) is 1. The Hall–Kier alpha value is -0.610. The zero-order valence-electron chi connectivity index (χ0n) is 12.0. The molecule has 0 radical (unpaired) electrons. The topological polar surface area (TPSA) is 49.8 Å². The fourth-order valence-corrected chi connectivity index (χ4v) is 2.27. The van der Waals surface area contributed by atoms with Crippen LogP contribution in [0.4, 0.5) is 0 Å². The van der Waals surface area contributed by atoms with E-state index in [9.17, 15) is 9.90 Å². The number of ether oxygens (including phenoxy) is 1. The number of amides is 1. The molecule has 0 spiro atoms. The SMILES string of the molecule is COCC(O)CN(C)C(=O)C(C)(C)CC(C)C. The van der Waals surface area contributed by atoms with Crippen LogP contribution >= 0.6 is 0 Å².